The first kappa shape index (κ1) is 16.0. The first-order valence-corrected chi connectivity index (χ1v) is 6.49. The quantitative estimate of drug-likeness (QED) is 0.619. The van der Waals surface area contributed by atoms with Crippen molar-refractivity contribution >= 4 is 11.6 Å². The molecule has 0 atom stereocenters. The standard InChI is InChI=1S/C15H22ClN3/c1-17(2)15(18(3)4,19(5)6)12-11-13-7-9-14(16)10-8-13/h7-10H,1-6H3. The molecule has 0 aliphatic rings. The lowest BCUT2D eigenvalue weighted by Crippen LogP contribution is -2.63. The Balaban J connectivity index is 3.19. The maximum atomic E-state index is 5.88. The van der Waals surface area contributed by atoms with Gasteiger partial charge >= 0.3 is 0 Å². The summed E-state index contributed by atoms with van der Waals surface area (Å²) in [5.74, 6) is 6.13. The zero-order valence-corrected chi connectivity index (χ0v) is 13.3. The normalized spacial score (nSPS) is 11.9. The predicted molar refractivity (Wildman–Crippen MR) is 82.1 cm³/mol. The average molecular weight is 280 g/mol. The Morgan fingerprint density at radius 1 is 0.842 bits per heavy atom. The number of hydrogen-bond donors (Lipinski definition) is 0. The van der Waals surface area contributed by atoms with Gasteiger partial charge in [0.25, 0.3) is 0 Å². The molecule has 0 heterocycles. The van der Waals surface area contributed by atoms with E-state index in [9.17, 15) is 0 Å². The lowest BCUT2D eigenvalue weighted by atomic mass is 10.2. The molecule has 104 valence electrons. The van der Waals surface area contributed by atoms with Crippen LogP contribution in [0.4, 0.5) is 0 Å². The van der Waals surface area contributed by atoms with Gasteiger partial charge in [0.1, 0.15) is 0 Å². The molecule has 1 rings (SSSR count). The van der Waals surface area contributed by atoms with Gasteiger partial charge in [-0.2, -0.15) is 0 Å². The van der Waals surface area contributed by atoms with Crippen LogP contribution in [0.5, 0.6) is 0 Å². The van der Waals surface area contributed by atoms with Crippen molar-refractivity contribution in [2.24, 2.45) is 0 Å². The van der Waals surface area contributed by atoms with Gasteiger partial charge in [-0.15, -0.1) is 0 Å². The van der Waals surface area contributed by atoms with Crippen LogP contribution in [0.15, 0.2) is 24.3 Å². The fourth-order valence-electron chi connectivity index (χ4n) is 2.22. The minimum atomic E-state index is -0.445. The zero-order valence-electron chi connectivity index (χ0n) is 12.5. The summed E-state index contributed by atoms with van der Waals surface area (Å²) < 4.78 is 0. The van der Waals surface area contributed by atoms with E-state index in [1.807, 2.05) is 66.6 Å². The molecule has 0 aliphatic carbocycles. The van der Waals surface area contributed by atoms with Crippen LogP contribution >= 0.6 is 11.6 Å². The molecule has 0 bridgehead atoms. The van der Waals surface area contributed by atoms with E-state index in [2.05, 4.69) is 26.5 Å². The summed E-state index contributed by atoms with van der Waals surface area (Å²) in [5, 5.41) is 0.727. The van der Waals surface area contributed by atoms with Crippen molar-refractivity contribution in [3.8, 4) is 11.8 Å². The van der Waals surface area contributed by atoms with Crippen molar-refractivity contribution in [1.82, 2.24) is 14.7 Å². The van der Waals surface area contributed by atoms with E-state index >= 15 is 0 Å². The molecule has 0 spiro atoms. The minimum Gasteiger partial charge on any atom is -0.268 e. The van der Waals surface area contributed by atoms with Crippen LogP contribution in [-0.4, -0.2) is 62.8 Å². The molecule has 0 N–H and O–H groups in total. The van der Waals surface area contributed by atoms with E-state index in [0.29, 0.717) is 0 Å². The Hall–Kier alpha value is -1.05. The molecule has 1 aromatic rings. The SMILES string of the molecule is CN(C)C(C#Cc1ccc(Cl)cc1)(N(C)C)N(C)C. The topological polar surface area (TPSA) is 9.72 Å². The Morgan fingerprint density at radius 2 is 1.26 bits per heavy atom. The van der Waals surface area contributed by atoms with E-state index in [-0.39, 0.29) is 0 Å². The molecule has 19 heavy (non-hydrogen) atoms. The molecule has 4 heteroatoms. The Labute approximate surface area is 121 Å². The Morgan fingerprint density at radius 3 is 1.63 bits per heavy atom. The van der Waals surface area contributed by atoms with E-state index in [1.54, 1.807) is 0 Å². The maximum absolute atomic E-state index is 5.88. The van der Waals surface area contributed by atoms with E-state index in [1.165, 1.54) is 0 Å². The first-order valence-electron chi connectivity index (χ1n) is 6.11. The van der Waals surface area contributed by atoms with Crippen LogP contribution < -0.4 is 0 Å². The van der Waals surface area contributed by atoms with Gasteiger partial charge in [-0.25, -0.2) is 0 Å². The van der Waals surface area contributed by atoms with Gasteiger partial charge in [0.2, 0.25) is 0 Å². The smallest absolute Gasteiger partial charge is 0.195 e. The maximum Gasteiger partial charge on any atom is 0.195 e. The van der Waals surface area contributed by atoms with Crippen molar-refractivity contribution in [2.45, 2.75) is 5.79 Å². The molecule has 0 fully saturated rings. The van der Waals surface area contributed by atoms with Crippen molar-refractivity contribution in [3.63, 3.8) is 0 Å². The minimum absolute atomic E-state index is 0.445. The second kappa shape index (κ2) is 6.40. The van der Waals surface area contributed by atoms with Crippen LogP contribution in [0.1, 0.15) is 5.56 Å². The third-order valence-corrected chi connectivity index (χ3v) is 3.34. The number of benzene rings is 1. The molecule has 0 unspecified atom stereocenters. The molecule has 0 radical (unpaired) electrons. The summed E-state index contributed by atoms with van der Waals surface area (Å²) in [7, 11) is 12.1. The Kier molecular flexibility index (Phi) is 5.39. The van der Waals surface area contributed by atoms with Gasteiger partial charge in [0, 0.05) is 10.6 Å². The molecule has 1 aromatic carbocycles. The van der Waals surface area contributed by atoms with Crippen molar-refractivity contribution < 1.29 is 0 Å². The summed E-state index contributed by atoms with van der Waals surface area (Å²) in [4.78, 5) is 6.28. The van der Waals surface area contributed by atoms with Gasteiger partial charge in [-0.05, 0) is 72.5 Å². The highest BCUT2D eigenvalue weighted by Gasteiger charge is 2.35. The van der Waals surface area contributed by atoms with Gasteiger partial charge in [0.15, 0.2) is 5.79 Å². The molecule has 3 nitrogen and oxygen atoms in total. The lowest BCUT2D eigenvalue weighted by Gasteiger charge is -2.45. The second-order valence-corrected chi connectivity index (χ2v) is 5.51. The third kappa shape index (κ3) is 3.49. The van der Waals surface area contributed by atoms with Gasteiger partial charge in [-0.3, -0.25) is 14.7 Å². The molecular weight excluding hydrogens is 258 g/mol. The highest BCUT2D eigenvalue weighted by atomic mass is 35.5. The monoisotopic (exact) mass is 279 g/mol. The number of hydrogen-bond acceptors (Lipinski definition) is 3. The van der Waals surface area contributed by atoms with Crippen molar-refractivity contribution in [3.05, 3.63) is 34.9 Å². The fraction of sp³-hybridized carbons (Fsp3) is 0.467. The summed E-state index contributed by atoms with van der Waals surface area (Å²) >= 11 is 5.88. The van der Waals surface area contributed by atoms with Crippen molar-refractivity contribution in [1.29, 1.82) is 0 Å². The molecule has 0 amide bonds. The average Bonchev–Trinajstić information content (AvgIpc) is 2.30. The molecule has 0 aliphatic heterocycles. The molecule has 0 aromatic heterocycles. The van der Waals surface area contributed by atoms with Gasteiger partial charge in [0.05, 0.1) is 0 Å². The predicted octanol–water partition coefficient (Wildman–Crippen LogP) is 2.03. The van der Waals surface area contributed by atoms with Crippen LogP contribution in [-0.2, 0) is 0 Å². The summed E-state index contributed by atoms with van der Waals surface area (Å²) in [5.41, 5.74) is 0.958. The highest BCUT2D eigenvalue weighted by molar-refractivity contribution is 6.30. The second-order valence-electron chi connectivity index (χ2n) is 5.08. The first-order chi connectivity index (χ1) is 8.80. The highest BCUT2D eigenvalue weighted by Crippen LogP contribution is 2.17. The third-order valence-electron chi connectivity index (χ3n) is 3.09. The van der Waals surface area contributed by atoms with Crippen LogP contribution in [0.3, 0.4) is 0 Å². The molecule has 0 saturated carbocycles. The van der Waals surface area contributed by atoms with Crippen LogP contribution in [0, 0.1) is 11.8 Å². The molecular formula is C15H22ClN3. The summed E-state index contributed by atoms with van der Waals surface area (Å²) in [6.07, 6.45) is 0. The number of nitrogens with zero attached hydrogens (tertiary/aromatic N) is 3. The Bertz CT molecular complexity index is 445. The van der Waals surface area contributed by atoms with Gasteiger partial charge < -0.3 is 0 Å². The number of halogens is 1. The molecule has 0 saturated heterocycles. The van der Waals surface area contributed by atoms with Crippen LogP contribution in [0.25, 0.3) is 0 Å². The van der Waals surface area contributed by atoms with E-state index in [4.69, 9.17) is 11.6 Å². The van der Waals surface area contributed by atoms with E-state index in [0.717, 1.165) is 10.6 Å². The lowest BCUT2D eigenvalue weighted by molar-refractivity contribution is -0.0570. The van der Waals surface area contributed by atoms with Crippen molar-refractivity contribution in [2.75, 3.05) is 42.3 Å². The summed E-state index contributed by atoms with van der Waals surface area (Å²) in [6, 6.07) is 7.57. The van der Waals surface area contributed by atoms with Gasteiger partial charge in [-0.1, -0.05) is 17.5 Å². The summed E-state index contributed by atoms with van der Waals surface area (Å²) in [6.45, 7) is 0. The van der Waals surface area contributed by atoms with E-state index < -0.39 is 5.79 Å². The number of rotatable bonds is 3. The zero-order chi connectivity index (χ0) is 14.6. The largest absolute Gasteiger partial charge is 0.268 e. The fourth-order valence-corrected chi connectivity index (χ4v) is 2.35. The van der Waals surface area contributed by atoms with Crippen LogP contribution in [0.2, 0.25) is 5.02 Å².